The van der Waals surface area contributed by atoms with Gasteiger partial charge in [-0.3, -0.25) is 9.48 Å². The molecule has 0 bridgehead atoms. The van der Waals surface area contributed by atoms with Crippen LogP contribution in [0.2, 0.25) is 5.02 Å². The number of benzene rings is 1. The lowest BCUT2D eigenvalue weighted by Crippen LogP contribution is -2.19. The molecule has 2 aromatic rings. The van der Waals surface area contributed by atoms with Crippen molar-refractivity contribution < 1.29 is 4.79 Å². The lowest BCUT2D eigenvalue weighted by Gasteiger charge is -2.22. The minimum absolute atomic E-state index is 0.0588. The Bertz CT molecular complexity index is 653. The number of rotatable bonds is 4. The van der Waals surface area contributed by atoms with Gasteiger partial charge in [-0.2, -0.15) is 5.10 Å². The highest BCUT2D eigenvalue weighted by Gasteiger charge is 2.25. The Labute approximate surface area is 130 Å². The number of carbonyl (C=O) groups excluding carboxylic acids is 1. The lowest BCUT2D eigenvalue weighted by atomic mass is 9.82. The van der Waals surface area contributed by atoms with Gasteiger partial charge in [0.2, 0.25) is 5.78 Å². The fraction of sp³-hybridized carbons (Fsp3) is 0.412. The van der Waals surface area contributed by atoms with E-state index in [4.69, 9.17) is 11.6 Å². The molecule has 0 spiro atoms. The molecule has 0 unspecified atom stereocenters. The Kier molecular flexibility index (Phi) is 4.52. The topological polar surface area (TPSA) is 34.9 Å². The van der Waals surface area contributed by atoms with E-state index in [1.807, 2.05) is 31.2 Å². The molecule has 0 N–H and O–H groups in total. The van der Waals surface area contributed by atoms with Gasteiger partial charge in [-0.15, -0.1) is 0 Å². The molecule has 1 aromatic heterocycles. The Morgan fingerprint density at radius 2 is 1.95 bits per heavy atom. The smallest absolute Gasteiger partial charge is 0.212 e. The van der Waals surface area contributed by atoms with Crippen molar-refractivity contribution in [2.24, 2.45) is 0 Å². The van der Waals surface area contributed by atoms with Crippen molar-refractivity contribution in [3.05, 3.63) is 52.3 Å². The molecule has 0 radical (unpaired) electrons. The maximum absolute atomic E-state index is 12.9. The number of nitrogens with zero attached hydrogens (tertiary/aromatic N) is 2. The minimum atomic E-state index is -0.103. The molecule has 3 nitrogen and oxygen atoms in total. The highest BCUT2D eigenvalue weighted by atomic mass is 35.5. The highest BCUT2D eigenvalue weighted by Crippen LogP contribution is 2.29. The summed E-state index contributed by atoms with van der Waals surface area (Å²) in [5, 5.41) is 4.62. The van der Waals surface area contributed by atoms with Crippen molar-refractivity contribution in [2.75, 3.05) is 0 Å². The zero-order chi connectivity index (χ0) is 15.6. The van der Waals surface area contributed by atoms with Crippen molar-refractivity contribution in [1.82, 2.24) is 9.78 Å². The van der Waals surface area contributed by atoms with E-state index < -0.39 is 0 Å². The predicted molar refractivity (Wildman–Crippen MR) is 86.1 cm³/mol. The summed E-state index contributed by atoms with van der Waals surface area (Å²) in [6, 6.07) is 7.71. The fourth-order valence-corrected chi connectivity index (χ4v) is 2.66. The zero-order valence-corrected chi connectivity index (χ0v) is 13.7. The van der Waals surface area contributed by atoms with Crippen LogP contribution < -0.4 is 0 Å². The van der Waals surface area contributed by atoms with Crippen LogP contribution in [0.15, 0.2) is 30.5 Å². The summed E-state index contributed by atoms with van der Waals surface area (Å²) in [7, 11) is 0. The Morgan fingerprint density at radius 3 is 2.57 bits per heavy atom. The van der Waals surface area contributed by atoms with E-state index in [2.05, 4.69) is 25.9 Å². The van der Waals surface area contributed by atoms with Gasteiger partial charge in [0, 0.05) is 12.1 Å². The Balaban J connectivity index is 2.54. The molecule has 4 heteroatoms. The molecule has 2 rings (SSSR count). The van der Waals surface area contributed by atoms with Gasteiger partial charge in [-0.25, -0.2) is 0 Å². The van der Waals surface area contributed by atoms with Crippen LogP contribution in [0.4, 0.5) is 0 Å². The van der Waals surface area contributed by atoms with Crippen molar-refractivity contribution in [1.29, 1.82) is 0 Å². The number of carbonyl (C=O) groups is 1. The minimum Gasteiger partial charge on any atom is -0.287 e. The van der Waals surface area contributed by atoms with Gasteiger partial charge < -0.3 is 0 Å². The van der Waals surface area contributed by atoms with Crippen molar-refractivity contribution in [3.8, 4) is 0 Å². The molecule has 0 saturated heterocycles. The molecule has 21 heavy (non-hydrogen) atoms. The van der Waals surface area contributed by atoms with Gasteiger partial charge in [0.25, 0.3) is 0 Å². The number of ketones is 1. The Hall–Kier alpha value is -1.61. The van der Waals surface area contributed by atoms with E-state index in [0.29, 0.717) is 22.8 Å². The van der Waals surface area contributed by atoms with E-state index >= 15 is 0 Å². The second-order valence-electron chi connectivity index (χ2n) is 6.19. The summed E-state index contributed by atoms with van der Waals surface area (Å²) < 4.78 is 1.70. The number of aromatic nitrogens is 2. The van der Waals surface area contributed by atoms with Crippen LogP contribution in [-0.2, 0) is 12.0 Å². The largest absolute Gasteiger partial charge is 0.287 e. The maximum Gasteiger partial charge on any atom is 0.212 e. The van der Waals surface area contributed by atoms with Crippen molar-refractivity contribution >= 4 is 17.4 Å². The number of aryl methyl sites for hydroxylation is 1. The molecule has 0 aliphatic heterocycles. The monoisotopic (exact) mass is 304 g/mol. The van der Waals surface area contributed by atoms with Gasteiger partial charge in [0.15, 0.2) is 0 Å². The first kappa shape index (κ1) is 15.8. The summed E-state index contributed by atoms with van der Waals surface area (Å²) in [4.78, 5) is 12.9. The second-order valence-corrected chi connectivity index (χ2v) is 6.60. The summed E-state index contributed by atoms with van der Waals surface area (Å²) in [5.41, 5.74) is 2.10. The van der Waals surface area contributed by atoms with Crippen LogP contribution in [0.25, 0.3) is 0 Å². The molecule has 1 aromatic carbocycles. The molecule has 0 aliphatic carbocycles. The summed E-state index contributed by atoms with van der Waals surface area (Å²) >= 11 is 6.19. The number of hydrogen-bond donors (Lipinski definition) is 0. The SMILES string of the molecule is CCCn1ncc(Cl)c1C(=O)c1ccccc1C(C)(C)C. The quantitative estimate of drug-likeness (QED) is 0.781. The average molecular weight is 305 g/mol. The molecular formula is C17H21ClN2O. The predicted octanol–water partition coefficient (Wildman–Crippen LogP) is 4.48. The lowest BCUT2D eigenvalue weighted by molar-refractivity contribution is 0.102. The van der Waals surface area contributed by atoms with Crippen LogP contribution in [0.3, 0.4) is 0 Å². The van der Waals surface area contributed by atoms with Gasteiger partial charge in [0.1, 0.15) is 5.69 Å². The molecule has 0 saturated carbocycles. The van der Waals surface area contributed by atoms with E-state index in [1.165, 1.54) is 0 Å². The van der Waals surface area contributed by atoms with Crippen molar-refractivity contribution in [3.63, 3.8) is 0 Å². The Morgan fingerprint density at radius 1 is 1.29 bits per heavy atom. The van der Waals surface area contributed by atoms with Gasteiger partial charge in [0.05, 0.1) is 11.2 Å². The van der Waals surface area contributed by atoms with E-state index in [-0.39, 0.29) is 11.2 Å². The first-order chi connectivity index (χ1) is 9.86. The zero-order valence-electron chi connectivity index (χ0n) is 13.0. The van der Waals surface area contributed by atoms with E-state index in [0.717, 1.165) is 12.0 Å². The van der Waals surface area contributed by atoms with E-state index in [1.54, 1.807) is 10.9 Å². The molecular weight excluding hydrogens is 284 g/mol. The van der Waals surface area contributed by atoms with Gasteiger partial charge >= 0.3 is 0 Å². The van der Waals surface area contributed by atoms with Gasteiger partial charge in [-0.05, 0) is 17.4 Å². The third-order valence-electron chi connectivity index (χ3n) is 3.42. The standard InChI is InChI=1S/C17H21ClN2O/c1-5-10-20-15(14(18)11-19-20)16(21)12-8-6-7-9-13(12)17(2,3)4/h6-9,11H,5,10H2,1-4H3. The van der Waals surface area contributed by atoms with Crippen LogP contribution >= 0.6 is 11.6 Å². The summed E-state index contributed by atoms with van der Waals surface area (Å²) in [6.07, 6.45) is 2.45. The third-order valence-corrected chi connectivity index (χ3v) is 3.70. The normalized spacial score (nSPS) is 11.7. The summed E-state index contributed by atoms with van der Waals surface area (Å²) in [6.45, 7) is 9.04. The molecule has 0 fully saturated rings. The molecule has 112 valence electrons. The van der Waals surface area contributed by atoms with Crippen LogP contribution in [0, 0.1) is 0 Å². The second kappa shape index (κ2) is 6.02. The molecule has 1 heterocycles. The third kappa shape index (κ3) is 3.18. The fourth-order valence-electron chi connectivity index (χ4n) is 2.43. The highest BCUT2D eigenvalue weighted by molar-refractivity contribution is 6.34. The maximum atomic E-state index is 12.9. The van der Waals surface area contributed by atoms with Crippen LogP contribution in [0.1, 0.15) is 55.7 Å². The first-order valence-corrected chi connectivity index (χ1v) is 7.59. The number of halogens is 1. The molecule has 0 atom stereocenters. The first-order valence-electron chi connectivity index (χ1n) is 7.21. The number of hydrogen-bond acceptors (Lipinski definition) is 2. The molecule has 0 amide bonds. The van der Waals surface area contributed by atoms with E-state index in [9.17, 15) is 4.79 Å². The van der Waals surface area contributed by atoms with Crippen LogP contribution in [-0.4, -0.2) is 15.6 Å². The van der Waals surface area contributed by atoms with Gasteiger partial charge in [-0.1, -0.05) is 63.6 Å². The van der Waals surface area contributed by atoms with Crippen molar-refractivity contribution in [2.45, 2.75) is 46.1 Å². The summed E-state index contributed by atoms with van der Waals surface area (Å²) in [5.74, 6) is -0.0588. The average Bonchev–Trinajstić information content (AvgIpc) is 2.79. The van der Waals surface area contributed by atoms with Crippen LogP contribution in [0.5, 0.6) is 0 Å². The molecule has 0 aliphatic rings.